The Hall–Kier alpha value is -3.25. The fraction of sp³-hybridized carbons (Fsp3) is 0.143. The van der Waals surface area contributed by atoms with Crippen molar-refractivity contribution in [1.82, 2.24) is 4.98 Å². The molecule has 2 N–H and O–H groups in total. The van der Waals surface area contributed by atoms with Crippen LogP contribution in [-0.2, 0) is 6.54 Å². The van der Waals surface area contributed by atoms with Crippen LogP contribution in [-0.4, -0.2) is 25.1 Å². The monoisotopic (exact) mass is 397 g/mol. The molecule has 144 valence electrons. The molecule has 1 heterocycles. The highest BCUT2D eigenvalue weighted by Gasteiger charge is 2.12. The minimum Gasteiger partial charge on any atom is -0.497 e. The van der Waals surface area contributed by atoms with E-state index in [1.165, 1.54) is 6.20 Å². The van der Waals surface area contributed by atoms with Gasteiger partial charge in [-0.25, -0.2) is 0 Å². The van der Waals surface area contributed by atoms with Gasteiger partial charge < -0.3 is 20.1 Å². The maximum absolute atomic E-state index is 12.7. The number of hydrogen-bond donors (Lipinski definition) is 2. The molecule has 0 aliphatic rings. The molecule has 2 aromatic carbocycles. The van der Waals surface area contributed by atoms with Gasteiger partial charge >= 0.3 is 0 Å². The molecule has 3 aromatic rings. The molecule has 1 amide bonds. The van der Waals surface area contributed by atoms with Crippen molar-refractivity contribution in [1.29, 1.82) is 0 Å². The summed E-state index contributed by atoms with van der Waals surface area (Å²) in [6.45, 7) is 0.591. The van der Waals surface area contributed by atoms with Gasteiger partial charge in [0.2, 0.25) is 0 Å². The van der Waals surface area contributed by atoms with Gasteiger partial charge in [-0.3, -0.25) is 9.78 Å². The molecule has 0 saturated heterocycles. The number of carbonyl (C=O) groups excluding carboxylic acids is 1. The summed E-state index contributed by atoms with van der Waals surface area (Å²) in [4.78, 5) is 16.8. The Morgan fingerprint density at radius 3 is 2.54 bits per heavy atom. The highest BCUT2D eigenvalue weighted by molar-refractivity contribution is 6.30. The van der Waals surface area contributed by atoms with E-state index in [9.17, 15) is 4.79 Å². The first-order valence-corrected chi connectivity index (χ1v) is 8.93. The molecule has 0 unspecified atom stereocenters. The van der Waals surface area contributed by atoms with Crippen LogP contribution in [0.1, 0.15) is 15.9 Å². The Kier molecular flexibility index (Phi) is 6.34. The molecule has 6 nitrogen and oxygen atoms in total. The van der Waals surface area contributed by atoms with Crippen LogP contribution in [0.5, 0.6) is 11.5 Å². The standard InChI is InChI=1S/C21H20ClN3O3/c1-27-18-7-8-20(28-2)19(10-18)25-21(26)15-9-17(13-23-12-15)24-11-14-3-5-16(22)6-4-14/h3-10,12-13,24H,11H2,1-2H3,(H,25,26). The van der Waals surface area contributed by atoms with E-state index in [1.54, 1.807) is 44.7 Å². The molecule has 0 aliphatic heterocycles. The number of pyridine rings is 1. The predicted octanol–water partition coefficient (Wildman–Crippen LogP) is 4.62. The molecule has 0 saturated carbocycles. The van der Waals surface area contributed by atoms with Crippen molar-refractivity contribution < 1.29 is 14.3 Å². The van der Waals surface area contributed by atoms with E-state index >= 15 is 0 Å². The summed E-state index contributed by atoms with van der Waals surface area (Å²) in [6.07, 6.45) is 3.17. The zero-order valence-electron chi connectivity index (χ0n) is 15.5. The lowest BCUT2D eigenvalue weighted by molar-refractivity contribution is 0.102. The Balaban J connectivity index is 1.71. The zero-order chi connectivity index (χ0) is 19.9. The summed E-state index contributed by atoms with van der Waals surface area (Å²) in [6, 6.07) is 14.5. The fourth-order valence-corrected chi connectivity index (χ4v) is 2.70. The highest BCUT2D eigenvalue weighted by Crippen LogP contribution is 2.29. The predicted molar refractivity (Wildman–Crippen MR) is 111 cm³/mol. The highest BCUT2D eigenvalue weighted by atomic mass is 35.5. The number of ether oxygens (including phenoxy) is 2. The van der Waals surface area contributed by atoms with Gasteiger partial charge in [0.25, 0.3) is 5.91 Å². The van der Waals surface area contributed by atoms with E-state index in [-0.39, 0.29) is 5.91 Å². The van der Waals surface area contributed by atoms with Crippen LogP contribution >= 0.6 is 11.6 Å². The van der Waals surface area contributed by atoms with Gasteiger partial charge in [0.05, 0.1) is 31.2 Å². The summed E-state index contributed by atoms with van der Waals surface area (Å²) in [5.74, 6) is 0.862. The van der Waals surface area contributed by atoms with E-state index in [4.69, 9.17) is 21.1 Å². The van der Waals surface area contributed by atoms with Gasteiger partial charge in [-0.1, -0.05) is 23.7 Å². The van der Waals surface area contributed by atoms with E-state index in [0.717, 1.165) is 11.3 Å². The maximum Gasteiger partial charge on any atom is 0.257 e. The number of anilines is 2. The van der Waals surface area contributed by atoms with Crippen molar-refractivity contribution >= 4 is 28.9 Å². The smallest absolute Gasteiger partial charge is 0.257 e. The third kappa shape index (κ3) is 4.92. The van der Waals surface area contributed by atoms with Gasteiger partial charge in [-0.15, -0.1) is 0 Å². The number of nitrogens with zero attached hydrogens (tertiary/aromatic N) is 1. The van der Waals surface area contributed by atoms with E-state index in [2.05, 4.69) is 15.6 Å². The lowest BCUT2D eigenvalue weighted by atomic mass is 10.2. The minimum absolute atomic E-state index is 0.297. The summed E-state index contributed by atoms with van der Waals surface area (Å²) in [5.41, 5.74) is 2.75. The van der Waals surface area contributed by atoms with Gasteiger partial charge in [0.15, 0.2) is 0 Å². The molecule has 0 bridgehead atoms. The maximum atomic E-state index is 12.7. The fourth-order valence-electron chi connectivity index (χ4n) is 2.57. The topological polar surface area (TPSA) is 72.5 Å². The number of amides is 1. The Morgan fingerprint density at radius 2 is 1.82 bits per heavy atom. The molecule has 0 radical (unpaired) electrons. The Morgan fingerprint density at radius 1 is 1.04 bits per heavy atom. The first kappa shape index (κ1) is 19.5. The number of methoxy groups -OCH3 is 2. The second-order valence-electron chi connectivity index (χ2n) is 5.96. The van der Waals surface area contributed by atoms with Crippen molar-refractivity contribution in [2.24, 2.45) is 0 Å². The van der Waals surface area contributed by atoms with E-state index in [0.29, 0.717) is 34.3 Å². The summed E-state index contributed by atoms with van der Waals surface area (Å²) in [7, 11) is 3.10. The Bertz CT molecular complexity index is 961. The average Bonchev–Trinajstić information content (AvgIpc) is 2.73. The summed E-state index contributed by atoms with van der Waals surface area (Å²) >= 11 is 5.90. The third-order valence-electron chi connectivity index (χ3n) is 4.07. The molecule has 7 heteroatoms. The number of halogens is 1. The van der Waals surface area contributed by atoms with E-state index in [1.807, 2.05) is 24.3 Å². The van der Waals surface area contributed by atoms with Crippen LogP contribution in [0.3, 0.4) is 0 Å². The van der Waals surface area contributed by atoms with Crippen molar-refractivity contribution in [3.8, 4) is 11.5 Å². The SMILES string of the molecule is COc1ccc(OC)c(NC(=O)c2cncc(NCc3ccc(Cl)cc3)c2)c1. The molecule has 3 rings (SSSR count). The van der Waals surface area contributed by atoms with E-state index < -0.39 is 0 Å². The minimum atomic E-state index is -0.297. The zero-order valence-corrected chi connectivity index (χ0v) is 16.3. The first-order valence-electron chi connectivity index (χ1n) is 8.56. The number of hydrogen-bond acceptors (Lipinski definition) is 5. The van der Waals surface area contributed by atoms with Crippen LogP contribution in [0.15, 0.2) is 60.9 Å². The summed E-state index contributed by atoms with van der Waals surface area (Å²) < 4.78 is 10.5. The van der Waals surface area contributed by atoms with Crippen LogP contribution in [0.2, 0.25) is 5.02 Å². The lowest BCUT2D eigenvalue weighted by Crippen LogP contribution is -2.13. The van der Waals surface area contributed by atoms with Crippen molar-refractivity contribution in [2.45, 2.75) is 6.54 Å². The van der Waals surface area contributed by atoms with Crippen LogP contribution in [0.25, 0.3) is 0 Å². The Labute approximate surface area is 168 Å². The molecular weight excluding hydrogens is 378 g/mol. The van der Waals surface area contributed by atoms with Gasteiger partial charge in [-0.2, -0.15) is 0 Å². The van der Waals surface area contributed by atoms with Crippen LogP contribution in [0, 0.1) is 0 Å². The molecule has 0 fully saturated rings. The van der Waals surface area contributed by atoms with Crippen molar-refractivity contribution in [3.05, 3.63) is 77.1 Å². The van der Waals surface area contributed by atoms with Gasteiger partial charge in [-0.05, 0) is 35.9 Å². The number of benzene rings is 2. The van der Waals surface area contributed by atoms with Crippen molar-refractivity contribution in [3.63, 3.8) is 0 Å². The van der Waals surface area contributed by atoms with Crippen molar-refractivity contribution in [2.75, 3.05) is 24.9 Å². The number of nitrogens with one attached hydrogen (secondary N) is 2. The average molecular weight is 398 g/mol. The molecule has 1 aromatic heterocycles. The molecule has 0 aliphatic carbocycles. The molecule has 0 atom stereocenters. The third-order valence-corrected chi connectivity index (χ3v) is 4.32. The molecule has 0 spiro atoms. The van der Waals surface area contributed by atoms with Gasteiger partial charge in [0.1, 0.15) is 11.5 Å². The quantitative estimate of drug-likeness (QED) is 0.608. The second-order valence-corrected chi connectivity index (χ2v) is 6.40. The van der Waals surface area contributed by atoms with Gasteiger partial charge in [0, 0.05) is 30.0 Å². The number of rotatable bonds is 7. The summed E-state index contributed by atoms with van der Waals surface area (Å²) in [5, 5.41) is 6.78. The number of carbonyl (C=O) groups is 1. The number of aromatic nitrogens is 1. The normalized spacial score (nSPS) is 10.2. The molecule has 28 heavy (non-hydrogen) atoms. The molecular formula is C21H20ClN3O3. The first-order chi connectivity index (χ1) is 13.6. The van der Waals surface area contributed by atoms with Crippen LogP contribution < -0.4 is 20.1 Å². The lowest BCUT2D eigenvalue weighted by Gasteiger charge is -2.12. The second kappa shape index (κ2) is 9.10. The largest absolute Gasteiger partial charge is 0.497 e. The van der Waals surface area contributed by atoms with Crippen LogP contribution in [0.4, 0.5) is 11.4 Å².